The van der Waals surface area contributed by atoms with Crippen LogP contribution in [0.2, 0.25) is 0 Å². The van der Waals surface area contributed by atoms with Gasteiger partial charge in [0, 0.05) is 0 Å². The first-order chi connectivity index (χ1) is 8.17. The zero-order valence-electron chi connectivity index (χ0n) is 10.3. The Hall–Kier alpha value is -1.55. The van der Waals surface area contributed by atoms with Crippen LogP contribution >= 0.6 is 0 Å². The van der Waals surface area contributed by atoms with Gasteiger partial charge in [0.25, 0.3) is 0 Å². The van der Waals surface area contributed by atoms with Crippen molar-refractivity contribution < 1.29 is 14.6 Å². The lowest BCUT2D eigenvalue weighted by atomic mass is 9.96. The highest BCUT2D eigenvalue weighted by Crippen LogP contribution is 2.24. The fourth-order valence-electron chi connectivity index (χ4n) is 1.69. The van der Waals surface area contributed by atoms with Crippen molar-refractivity contribution >= 4 is 6.09 Å². The first-order valence-electron chi connectivity index (χ1n) is 5.83. The van der Waals surface area contributed by atoms with Crippen molar-refractivity contribution in [2.75, 3.05) is 6.73 Å². The highest BCUT2D eigenvalue weighted by atomic mass is 16.6. The minimum absolute atomic E-state index is 0.426. The van der Waals surface area contributed by atoms with Gasteiger partial charge in [0.1, 0.15) is 12.5 Å². The number of hydrogen-bond acceptors (Lipinski definition) is 3. The highest BCUT2D eigenvalue weighted by molar-refractivity contribution is 5.70. The van der Waals surface area contributed by atoms with Crippen molar-refractivity contribution in [3.8, 4) is 5.75 Å². The molecule has 0 radical (unpaired) electrons. The molecule has 0 aliphatic heterocycles. The van der Waals surface area contributed by atoms with E-state index in [1.807, 2.05) is 18.2 Å². The van der Waals surface area contributed by atoms with Gasteiger partial charge in [-0.25, -0.2) is 4.79 Å². The Labute approximate surface area is 102 Å². The van der Waals surface area contributed by atoms with Gasteiger partial charge in [-0.2, -0.15) is 0 Å². The maximum absolute atomic E-state index is 11.1. The summed E-state index contributed by atoms with van der Waals surface area (Å²) in [4.78, 5) is 11.1. The fourth-order valence-corrected chi connectivity index (χ4v) is 1.69. The molecule has 1 amide bonds. The highest BCUT2D eigenvalue weighted by Gasteiger charge is 2.07. The summed E-state index contributed by atoms with van der Waals surface area (Å²) in [5.74, 6) is 0.945. The number of hydrogen-bond donors (Lipinski definition) is 2. The van der Waals surface area contributed by atoms with Crippen molar-refractivity contribution in [2.24, 2.45) is 0 Å². The summed E-state index contributed by atoms with van der Waals surface area (Å²) in [6.07, 6.45) is 1.58. The molecule has 0 saturated heterocycles. The molecule has 4 heteroatoms. The number of benzene rings is 1. The van der Waals surface area contributed by atoms with Gasteiger partial charge in [0.2, 0.25) is 0 Å². The molecule has 0 heterocycles. The van der Waals surface area contributed by atoms with E-state index in [4.69, 9.17) is 9.84 Å². The van der Waals surface area contributed by atoms with Crippen LogP contribution in [0.1, 0.15) is 38.2 Å². The molecule has 2 N–H and O–H groups in total. The van der Waals surface area contributed by atoms with E-state index in [0.29, 0.717) is 11.7 Å². The maximum atomic E-state index is 11.1. The Morgan fingerprint density at radius 3 is 2.94 bits per heavy atom. The molecule has 0 saturated carbocycles. The third-order valence-corrected chi connectivity index (χ3v) is 2.58. The molecule has 1 rings (SSSR count). The first-order valence-corrected chi connectivity index (χ1v) is 5.83. The molecule has 0 spiro atoms. The van der Waals surface area contributed by atoms with Gasteiger partial charge in [-0.15, -0.1) is 0 Å². The van der Waals surface area contributed by atoms with E-state index >= 15 is 0 Å². The van der Waals surface area contributed by atoms with Crippen LogP contribution in [0.25, 0.3) is 0 Å². The number of aliphatic hydroxyl groups excluding tert-OH is 1. The standard InChI is InChI=1S/C13H19NO3/c1-3-5-10(2)11-6-4-7-12(8-11)17-13(16)14-9-15/h4,6-8,10,15H,3,5,9H2,1-2H3,(H,14,16). The topological polar surface area (TPSA) is 58.6 Å². The number of rotatable bonds is 5. The Kier molecular flexibility index (Phi) is 5.49. The van der Waals surface area contributed by atoms with Crippen LogP contribution in [0.15, 0.2) is 24.3 Å². The normalized spacial score (nSPS) is 11.9. The van der Waals surface area contributed by atoms with Crippen LogP contribution in [-0.2, 0) is 0 Å². The molecule has 0 aromatic heterocycles. The molecule has 1 aromatic rings. The van der Waals surface area contributed by atoms with Crippen molar-refractivity contribution in [3.63, 3.8) is 0 Å². The molecule has 0 aliphatic rings. The van der Waals surface area contributed by atoms with Crippen LogP contribution in [0.5, 0.6) is 5.75 Å². The molecule has 4 nitrogen and oxygen atoms in total. The number of ether oxygens (including phenoxy) is 1. The van der Waals surface area contributed by atoms with E-state index in [2.05, 4.69) is 19.2 Å². The summed E-state index contributed by atoms with van der Waals surface area (Å²) in [7, 11) is 0. The number of nitrogens with one attached hydrogen (secondary N) is 1. The summed E-state index contributed by atoms with van der Waals surface area (Å²) < 4.78 is 5.01. The zero-order valence-corrected chi connectivity index (χ0v) is 10.3. The molecule has 1 atom stereocenters. The van der Waals surface area contributed by atoms with E-state index in [1.54, 1.807) is 6.07 Å². The number of carbonyl (C=O) groups excluding carboxylic acids is 1. The number of carbonyl (C=O) groups is 1. The second-order valence-electron chi connectivity index (χ2n) is 3.99. The van der Waals surface area contributed by atoms with E-state index < -0.39 is 12.8 Å². The van der Waals surface area contributed by atoms with Crippen LogP contribution in [0, 0.1) is 0 Å². The number of amides is 1. The molecule has 1 unspecified atom stereocenters. The van der Waals surface area contributed by atoms with Gasteiger partial charge >= 0.3 is 6.09 Å². The molecule has 1 aromatic carbocycles. The van der Waals surface area contributed by atoms with E-state index in [1.165, 1.54) is 0 Å². The molecule has 94 valence electrons. The Bertz CT molecular complexity index is 365. The summed E-state index contributed by atoms with van der Waals surface area (Å²) >= 11 is 0. The lowest BCUT2D eigenvalue weighted by molar-refractivity contribution is 0.181. The summed E-state index contributed by atoms with van der Waals surface area (Å²) in [5, 5.41) is 10.7. The molecular formula is C13H19NO3. The van der Waals surface area contributed by atoms with Gasteiger partial charge in [0.15, 0.2) is 0 Å². The van der Waals surface area contributed by atoms with Crippen LogP contribution in [0.4, 0.5) is 4.79 Å². The first kappa shape index (κ1) is 13.5. The molecule has 0 bridgehead atoms. The van der Waals surface area contributed by atoms with Crippen LogP contribution < -0.4 is 10.1 Å². The lowest BCUT2D eigenvalue weighted by Gasteiger charge is -2.12. The Morgan fingerprint density at radius 2 is 2.29 bits per heavy atom. The minimum Gasteiger partial charge on any atom is -0.410 e. The molecule has 0 fully saturated rings. The quantitative estimate of drug-likeness (QED) is 0.774. The average Bonchev–Trinajstić information content (AvgIpc) is 2.30. The average molecular weight is 237 g/mol. The van der Waals surface area contributed by atoms with Gasteiger partial charge in [-0.05, 0) is 30.0 Å². The van der Waals surface area contributed by atoms with E-state index in [9.17, 15) is 4.79 Å². The van der Waals surface area contributed by atoms with Gasteiger partial charge in [-0.3, -0.25) is 5.32 Å². The van der Waals surface area contributed by atoms with E-state index in [-0.39, 0.29) is 0 Å². The van der Waals surface area contributed by atoms with Crippen molar-refractivity contribution in [1.82, 2.24) is 5.32 Å². The summed E-state index contributed by atoms with van der Waals surface area (Å²) in [6.45, 7) is 3.87. The predicted molar refractivity (Wildman–Crippen MR) is 66.0 cm³/mol. The SMILES string of the molecule is CCCC(C)c1cccc(OC(=O)NCO)c1. The third kappa shape index (κ3) is 4.44. The fraction of sp³-hybridized carbons (Fsp3) is 0.462. The van der Waals surface area contributed by atoms with Crippen LogP contribution in [0.3, 0.4) is 0 Å². The monoisotopic (exact) mass is 237 g/mol. The van der Waals surface area contributed by atoms with E-state index in [0.717, 1.165) is 18.4 Å². The van der Waals surface area contributed by atoms with Gasteiger partial charge in [-0.1, -0.05) is 32.4 Å². The number of aliphatic hydroxyl groups is 1. The van der Waals surface area contributed by atoms with Gasteiger partial charge < -0.3 is 9.84 Å². The lowest BCUT2D eigenvalue weighted by Crippen LogP contribution is -2.27. The van der Waals surface area contributed by atoms with Gasteiger partial charge in [0.05, 0.1) is 0 Å². The second kappa shape index (κ2) is 6.91. The second-order valence-corrected chi connectivity index (χ2v) is 3.99. The molecular weight excluding hydrogens is 218 g/mol. The Morgan fingerprint density at radius 1 is 1.53 bits per heavy atom. The third-order valence-electron chi connectivity index (χ3n) is 2.58. The Balaban J connectivity index is 2.68. The largest absolute Gasteiger partial charge is 0.414 e. The summed E-state index contributed by atoms with van der Waals surface area (Å²) in [6, 6.07) is 7.47. The zero-order chi connectivity index (χ0) is 12.7. The van der Waals surface area contributed by atoms with Crippen molar-refractivity contribution in [2.45, 2.75) is 32.6 Å². The molecule has 0 aliphatic carbocycles. The maximum Gasteiger partial charge on any atom is 0.414 e. The predicted octanol–water partition coefficient (Wildman–Crippen LogP) is 2.63. The van der Waals surface area contributed by atoms with Crippen LogP contribution in [-0.4, -0.2) is 17.9 Å². The van der Waals surface area contributed by atoms with Crippen molar-refractivity contribution in [3.05, 3.63) is 29.8 Å². The van der Waals surface area contributed by atoms with Crippen molar-refractivity contribution in [1.29, 1.82) is 0 Å². The summed E-state index contributed by atoms with van der Waals surface area (Å²) in [5.41, 5.74) is 1.15. The smallest absolute Gasteiger partial charge is 0.410 e. The minimum atomic E-state index is -0.646. The molecule has 17 heavy (non-hydrogen) atoms.